The number of halogens is 6. The highest BCUT2D eigenvalue weighted by Crippen LogP contribution is 2.46. The van der Waals surface area contributed by atoms with Crippen molar-refractivity contribution in [3.8, 4) is 0 Å². The molecule has 5 aromatic carbocycles. The number of carbonyl (C=O) groups is 1. The minimum absolute atomic E-state index is 0.131. The minimum atomic E-state index is -6.15. The summed E-state index contributed by atoms with van der Waals surface area (Å²) in [6, 6.07) is 32.4. The Balaban J connectivity index is 1.43. The molecule has 0 bridgehead atoms. The molecule has 0 fully saturated rings. The molecule has 332 valence electrons. The van der Waals surface area contributed by atoms with Gasteiger partial charge in [-0.2, -0.15) is 43.2 Å². The molecule has 2 aliphatic carbocycles. The third-order valence-electron chi connectivity index (χ3n) is 10.4. The second kappa shape index (κ2) is 17.0. The van der Waals surface area contributed by atoms with Gasteiger partial charge in [0.25, 0.3) is 0 Å². The summed E-state index contributed by atoms with van der Waals surface area (Å²) in [5, 5.41) is 13.6. The molecule has 18 heteroatoms. The number of rotatable bonds is 10. The second-order valence-electron chi connectivity index (χ2n) is 15.1. The van der Waals surface area contributed by atoms with E-state index in [9.17, 15) is 53.1 Å². The standard InChI is InChI=1S/C46H38F6N3O6PS2/c1-27-5-13-31(14-6-27)55(32-15-7-28(2)8-16-32)33-17-23-37(39(25-33)53-63(58,59)45(47,48)49)41-43(56)42(44(41)57)38-24-22-36(26-40(38)54-64(60,61)46(50,51)52)62(34-18-9-29(3)10-19-34)35-20-11-30(4)12-21-35/h5-26,53-54,56,62H,1-4H3/b42-38+. The zero-order valence-electron chi connectivity index (χ0n) is 34.2. The fourth-order valence-electron chi connectivity index (χ4n) is 7.06. The predicted molar refractivity (Wildman–Crippen MR) is 241 cm³/mol. The molecule has 3 N–H and O–H groups in total. The molecule has 64 heavy (non-hydrogen) atoms. The van der Waals surface area contributed by atoms with Crippen LogP contribution in [0.25, 0.3) is 5.57 Å². The number of aliphatic hydroxyl groups is 1. The summed E-state index contributed by atoms with van der Waals surface area (Å²) in [7, 11) is -14.3. The number of anilines is 4. The molecule has 0 aromatic heterocycles. The Hall–Kier alpha value is -6.29. The molecular formula is C46H38F6N3O6PS2. The number of hydrogen-bond donors (Lipinski definition) is 3. The van der Waals surface area contributed by atoms with Crippen LogP contribution in [0.1, 0.15) is 27.8 Å². The van der Waals surface area contributed by atoms with Crippen LogP contribution in [0.4, 0.5) is 49.1 Å². The summed E-state index contributed by atoms with van der Waals surface area (Å²) in [4.78, 5) is 15.8. The van der Waals surface area contributed by atoms with Crippen LogP contribution in [0.5, 0.6) is 0 Å². The van der Waals surface area contributed by atoms with Crippen molar-refractivity contribution in [1.82, 2.24) is 4.72 Å². The molecule has 0 atom stereocenters. The molecule has 0 saturated carbocycles. The number of allylic oxidation sites excluding steroid dienone is 5. The molecule has 2 aliphatic rings. The summed E-state index contributed by atoms with van der Waals surface area (Å²) in [5.41, 5.74) is -10.6. The van der Waals surface area contributed by atoms with E-state index in [0.29, 0.717) is 16.7 Å². The zero-order chi connectivity index (χ0) is 46.5. The van der Waals surface area contributed by atoms with Crippen LogP contribution in [0, 0.1) is 27.7 Å². The Morgan fingerprint density at radius 1 is 0.562 bits per heavy atom. The first-order valence-corrected chi connectivity index (χ1v) is 23.7. The van der Waals surface area contributed by atoms with Crippen LogP contribution < -0.4 is 25.0 Å². The van der Waals surface area contributed by atoms with Gasteiger partial charge in [-0.1, -0.05) is 115 Å². The van der Waals surface area contributed by atoms with E-state index in [1.807, 2.05) is 76.2 Å². The van der Waals surface area contributed by atoms with Crippen molar-refractivity contribution in [3.05, 3.63) is 184 Å². The number of nitrogens with zero attached hydrogens (tertiary/aromatic N) is 1. The number of Topliss-reactive ketones (excluding diaryl/α,β-unsaturated/α-hetero) is 1. The maximum absolute atomic E-state index is 14.2. The monoisotopic (exact) mass is 937 g/mol. The Morgan fingerprint density at radius 3 is 1.42 bits per heavy atom. The number of alkyl halides is 6. The average molecular weight is 938 g/mol. The van der Waals surface area contributed by atoms with Gasteiger partial charge >= 0.3 is 31.1 Å². The third kappa shape index (κ3) is 9.05. The molecule has 0 amide bonds. The first-order chi connectivity index (χ1) is 30.0. The van der Waals surface area contributed by atoms with E-state index in [0.717, 1.165) is 51.1 Å². The molecule has 0 radical (unpaired) electrons. The van der Waals surface area contributed by atoms with Gasteiger partial charge in [0.05, 0.1) is 22.5 Å². The van der Waals surface area contributed by atoms with Gasteiger partial charge in [-0.3, -0.25) is 14.2 Å². The molecule has 0 aliphatic heterocycles. The zero-order valence-corrected chi connectivity index (χ0v) is 36.9. The molecule has 0 spiro atoms. The van der Waals surface area contributed by atoms with E-state index in [1.165, 1.54) is 27.7 Å². The Morgan fingerprint density at radius 2 is 0.984 bits per heavy atom. The predicted octanol–water partition coefficient (Wildman–Crippen LogP) is 9.73. The Kier molecular flexibility index (Phi) is 12.2. The van der Waals surface area contributed by atoms with Gasteiger partial charge in [-0.15, -0.1) is 0 Å². The maximum Gasteiger partial charge on any atom is 0.516 e. The molecular weight excluding hydrogens is 900 g/mol. The molecule has 0 heterocycles. The first kappa shape index (κ1) is 45.7. The number of carbonyl (C=O) groups excluding carboxylic acids is 1. The Labute approximate surface area is 366 Å². The summed E-state index contributed by atoms with van der Waals surface area (Å²) in [6.07, 6.45) is 3.82. The van der Waals surface area contributed by atoms with Gasteiger partial charge in [0.1, 0.15) is 5.76 Å². The van der Waals surface area contributed by atoms with E-state index in [-0.39, 0.29) is 5.69 Å². The van der Waals surface area contributed by atoms with Crippen molar-refractivity contribution in [3.63, 3.8) is 0 Å². The topological polar surface area (TPSA) is 133 Å². The summed E-state index contributed by atoms with van der Waals surface area (Å²) >= 11 is 0. The van der Waals surface area contributed by atoms with Crippen molar-refractivity contribution in [2.24, 2.45) is 0 Å². The average Bonchev–Trinajstić information content (AvgIpc) is 3.21. The number of sulfonamides is 2. The lowest BCUT2D eigenvalue weighted by molar-refractivity contribution is -0.111. The summed E-state index contributed by atoms with van der Waals surface area (Å²) in [6.45, 7) is 7.43. The van der Waals surface area contributed by atoms with Gasteiger partial charge in [0, 0.05) is 28.2 Å². The lowest BCUT2D eigenvalue weighted by atomic mass is 9.79. The molecule has 0 unspecified atom stereocenters. The number of hydrogen-bond acceptors (Lipinski definition) is 7. The number of aryl methyl sites for hydroxylation is 4. The van der Waals surface area contributed by atoms with E-state index in [2.05, 4.69) is 0 Å². The molecule has 7 rings (SSSR count). The highest BCUT2D eigenvalue weighted by molar-refractivity contribution is 7.93. The van der Waals surface area contributed by atoms with Crippen LogP contribution in [0.2, 0.25) is 0 Å². The summed E-state index contributed by atoms with van der Waals surface area (Å²) in [5.74, 6) is -2.07. The highest BCUT2D eigenvalue weighted by Gasteiger charge is 2.49. The fraction of sp³-hybridized carbons (Fsp3) is 0.130. The minimum Gasteiger partial charge on any atom is -0.506 e. The van der Waals surface area contributed by atoms with Crippen molar-refractivity contribution in [2.45, 2.75) is 38.7 Å². The van der Waals surface area contributed by atoms with Crippen LogP contribution >= 0.6 is 7.55 Å². The van der Waals surface area contributed by atoms with Gasteiger partial charge in [0.15, 0.2) is 0 Å². The van der Waals surface area contributed by atoms with Gasteiger partial charge < -0.3 is 10.0 Å². The molecule has 5 aromatic rings. The maximum atomic E-state index is 14.2. The van der Waals surface area contributed by atoms with Crippen LogP contribution in [-0.2, 0) is 24.8 Å². The van der Waals surface area contributed by atoms with Gasteiger partial charge in [-0.05, 0) is 92.1 Å². The van der Waals surface area contributed by atoms with E-state index in [4.69, 9.17) is 0 Å². The quantitative estimate of drug-likeness (QED) is 0.0722. The van der Waals surface area contributed by atoms with E-state index >= 15 is 0 Å². The van der Waals surface area contributed by atoms with Crippen molar-refractivity contribution in [1.29, 1.82) is 0 Å². The molecule has 0 saturated heterocycles. The Bertz CT molecular complexity index is 2990. The van der Waals surface area contributed by atoms with E-state index in [1.54, 1.807) is 53.4 Å². The van der Waals surface area contributed by atoms with Crippen LogP contribution in [0.3, 0.4) is 0 Å². The van der Waals surface area contributed by atoms with Gasteiger partial charge in [0.2, 0.25) is 5.78 Å². The number of nitrogens with one attached hydrogen (secondary N) is 2. The summed E-state index contributed by atoms with van der Waals surface area (Å²) < 4.78 is 137. The van der Waals surface area contributed by atoms with Crippen molar-refractivity contribution >= 4 is 77.6 Å². The van der Waals surface area contributed by atoms with Crippen LogP contribution in [-0.4, -0.2) is 44.0 Å². The lowest BCUT2D eigenvalue weighted by Crippen LogP contribution is -2.38. The van der Waals surface area contributed by atoms with Crippen molar-refractivity contribution < 1.29 is 53.1 Å². The number of benzene rings is 5. The highest BCUT2D eigenvalue weighted by atomic mass is 32.2. The SMILES string of the molecule is Cc1ccc(N(c2ccc(C)cc2)c2ccc(C3=C(O)/C(=C4/C=CC(=[PH](c5ccc(C)cc5)c5ccc(C)cc5)C=C4NS(=O)(=O)C(F)(F)F)C3=O)c(NS(=O)(=O)C(F)(F)F)c2)cc1. The number of aliphatic hydroxyl groups excluding tert-OH is 1. The first-order valence-electron chi connectivity index (χ1n) is 19.2. The second-order valence-corrected chi connectivity index (χ2v) is 21.0. The fourth-order valence-corrected chi connectivity index (χ4v) is 10.7. The molecule has 9 nitrogen and oxygen atoms in total. The largest absolute Gasteiger partial charge is 0.516 e. The third-order valence-corrected chi connectivity index (χ3v) is 15.3. The van der Waals surface area contributed by atoms with Crippen LogP contribution in [0.15, 0.2) is 156 Å². The smallest absolute Gasteiger partial charge is 0.506 e. The number of ketones is 1. The van der Waals surface area contributed by atoms with Gasteiger partial charge in [-0.25, -0.2) is 0 Å². The lowest BCUT2D eigenvalue weighted by Gasteiger charge is -2.30. The normalized spacial score (nSPS) is 15.9. The van der Waals surface area contributed by atoms with Crippen molar-refractivity contribution in [2.75, 3.05) is 9.62 Å². The van der Waals surface area contributed by atoms with E-state index < -0.39 is 83.8 Å².